The van der Waals surface area contributed by atoms with Crippen molar-refractivity contribution in [3.8, 4) is 0 Å². The molecule has 4 aliphatic heterocycles. The first-order chi connectivity index (χ1) is 30.6. The molecule has 2 aromatic carbocycles. The van der Waals surface area contributed by atoms with Crippen LogP contribution in [0.15, 0.2) is 42.5 Å². The van der Waals surface area contributed by atoms with Gasteiger partial charge in [-0.1, -0.05) is 6.92 Å². The number of piperidine rings is 1. The first kappa shape index (κ1) is 48.7. The number of amides is 7. The molecule has 65 heavy (non-hydrogen) atoms. The summed E-state index contributed by atoms with van der Waals surface area (Å²) in [7, 11) is -1.58. The van der Waals surface area contributed by atoms with Crippen molar-refractivity contribution in [1.29, 1.82) is 0 Å². The van der Waals surface area contributed by atoms with Crippen molar-refractivity contribution in [2.24, 2.45) is 5.92 Å². The van der Waals surface area contributed by atoms with Gasteiger partial charge in [0.25, 0.3) is 0 Å². The SMILES string of the molecule is C[C@@H]1C[C@H]2C(=O)O[C@@H](C)[C@H](NC(=O)[C@H](Cc3cc(F)cc(F)c3)NC(=O)Nc3ccc(N(C)C)cc3)C(=O)N3C[C@H](OP(=O)(O)O)C[C@H]3C(=O)N3CCCC[C@H]3C(=O)N[C@@H](C)C(=O)N2C1. The van der Waals surface area contributed by atoms with E-state index in [-0.39, 0.29) is 37.4 Å². The van der Waals surface area contributed by atoms with Crippen LogP contribution in [0.4, 0.5) is 25.0 Å². The number of fused-ring (bicyclic) bond motifs is 3. The average molecular weight is 933 g/mol. The molecule has 0 saturated carbocycles. The Morgan fingerprint density at radius 3 is 2.20 bits per heavy atom. The van der Waals surface area contributed by atoms with Crippen LogP contribution in [-0.4, -0.2) is 148 Å². The van der Waals surface area contributed by atoms with Crippen molar-refractivity contribution < 1.29 is 66.0 Å². The molecule has 4 saturated heterocycles. The van der Waals surface area contributed by atoms with E-state index in [1.54, 1.807) is 31.2 Å². The molecule has 0 bridgehead atoms. The number of carbonyl (C=O) groups is 7. The van der Waals surface area contributed by atoms with Crippen LogP contribution in [-0.2, 0) is 49.0 Å². The quantitative estimate of drug-likeness (QED) is 0.154. The summed E-state index contributed by atoms with van der Waals surface area (Å²) in [5.74, 6) is -7.37. The summed E-state index contributed by atoms with van der Waals surface area (Å²) in [4.78, 5) is 124. The van der Waals surface area contributed by atoms with Crippen LogP contribution in [0.25, 0.3) is 0 Å². The Kier molecular flexibility index (Phi) is 15.2. The molecule has 0 aromatic heterocycles. The minimum atomic E-state index is -5.21. The van der Waals surface area contributed by atoms with Gasteiger partial charge in [0.2, 0.25) is 29.5 Å². The number of nitrogens with zero attached hydrogens (tertiary/aromatic N) is 4. The number of rotatable bonds is 9. The number of carbonyl (C=O) groups excluding carboxylic acids is 7. The number of hydrogen-bond donors (Lipinski definition) is 6. The second kappa shape index (κ2) is 20.2. The number of urea groups is 1. The Labute approximate surface area is 373 Å². The molecule has 2 aromatic rings. The number of nitrogens with one attached hydrogen (secondary N) is 4. The van der Waals surface area contributed by atoms with E-state index in [1.165, 1.54) is 23.6 Å². The molecule has 0 aliphatic carbocycles. The predicted molar refractivity (Wildman–Crippen MR) is 228 cm³/mol. The summed E-state index contributed by atoms with van der Waals surface area (Å²) in [6.45, 7) is 4.09. The van der Waals surface area contributed by atoms with Gasteiger partial charge in [-0.3, -0.25) is 28.5 Å². The van der Waals surface area contributed by atoms with E-state index in [0.29, 0.717) is 24.6 Å². The number of halogens is 2. The molecule has 6 rings (SSSR count). The molecule has 0 spiro atoms. The van der Waals surface area contributed by atoms with Gasteiger partial charge in [-0.05, 0) is 87.4 Å². The van der Waals surface area contributed by atoms with E-state index in [2.05, 4.69) is 21.3 Å². The maximum Gasteiger partial charge on any atom is 0.469 e. The first-order valence-corrected chi connectivity index (χ1v) is 22.9. The van der Waals surface area contributed by atoms with Gasteiger partial charge >= 0.3 is 19.8 Å². The second-order valence-electron chi connectivity index (χ2n) is 17.3. The Balaban J connectivity index is 1.38. The predicted octanol–water partition coefficient (Wildman–Crippen LogP) is 1.40. The third-order valence-corrected chi connectivity index (χ3v) is 12.5. The van der Waals surface area contributed by atoms with Crippen LogP contribution in [0.5, 0.6) is 0 Å². The molecule has 4 aliphatic rings. The zero-order valence-corrected chi connectivity index (χ0v) is 37.5. The number of phosphoric acid groups is 1. The lowest BCUT2D eigenvalue weighted by molar-refractivity contribution is -0.163. The van der Waals surface area contributed by atoms with Crippen molar-refractivity contribution in [3.05, 3.63) is 59.7 Å². The van der Waals surface area contributed by atoms with Crippen LogP contribution in [0.3, 0.4) is 0 Å². The highest BCUT2D eigenvalue weighted by molar-refractivity contribution is 7.46. The van der Waals surface area contributed by atoms with E-state index in [9.17, 15) is 56.7 Å². The maximum atomic E-state index is 15.0. The van der Waals surface area contributed by atoms with Gasteiger partial charge < -0.3 is 55.4 Å². The topological polar surface area (TPSA) is 257 Å². The molecule has 7 amide bonds. The number of ether oxygens (including phenoxy) is 1. The van der Waals surface area contributed by atoms with Gasteiger partial charge in [0.05, 0.1) is 6.10 Å². The highest BCUT2D eigenvalue weighted by Gasteiger charge is 2.50. The summed E-state index contributed by atoms with van der Waals surface area (Å²) in [6, 6.07) is -0.351. The standard InChI is InChI=1S/C42H55F2N8O12P/c1-22-14-34-41(58)63-24(3)35(48-36(53)31(17-25-15-26(43)18-27(44)16-25)47-42(59)46-28-9-11-29(12-10-28)49(4)5)40(57)52-21-30(64-65(60,61)62)19-33(52)39(56)50-13-7-6-8-32(50)37(54)45-23(2)38(55)51(34)20-22/h9-12,15-16,18,22-24,30-35H,6-8,13-14,17,19-21H2,1-5H3,(H,45,54)(H,48,53)(H2,46,47,59)(H2,60,61,62)/t22-,23+,24+,30-,31+,32+,33+,34+,35+/m1/s1. The van der Waals surface area contributed by atoms with E-state index in [0.717, 1.165) is 22.7 Å². The van der Waals surface area contributed by atoms with Crippen LogP contribution < -0.4 is 26.2 Å². The van der Waals surface area contributed by atoms with Crippen LogP contribution in [0, 0.1) is 17.6 Å². The van der Waals surface area contributed by atoms with Crippen molar-refractivity contribution >= 4 is 60.7 Å². The van der Waals surface area contributed by atoms with Crippen LogP contribution >= 0.6 is 7.82 Å². The number of cyclic esters (lactones) is 1. The van der Waals surface area contributed by atoms with Gasteiger partial charge in [-0.25, -0.2) is 22.9 Å². The minimum absolute atomic E-state index is 0.0531. The smallest absolute Gasteiger partial charge is 0.458 e. The van der Waals surface area contributed by atoms with E-state index >= 15 is 0 Å². The molecule has 354 valence electrons. The van der Waals surface area contributed by atoms with E-state index in [4.69, 9.17) is 9.26 Å². The third kappa shape index (κ3) is 12.0. The van der Waals surface area contributed by atoms with Gasteiger partial charge in [0.1, 0.15) is 54.0 Å². The second-order valence-corrected chi connectivity index (χ2v) is 18.5. The lowest BCUT2D eigenvalue weighted by Gasteiger charge is -2.39. The molecule has 0 unspecified atom stereocenters. The zero-order valence-electron chi connectivity index (χ0n) is 36.6. The van der Waals surface area contributed by atoms with Gasteiger partial charge in [-0.15, -0.1) is 0 Å². The third-order valence-electron chi connectivity index (χ3n) is 12.0. The fraction of sp³-hybridized carbons (Fsp3) is 0.548. The summed E-state index contributed by atoms with van der Waals surface area (Å²) in [6.07, 6.45) is -2.68. The molecule has 23 heteroatoms. The van der Waals surface area contributed by atoms with Crippen molar-refractivity contribution in [3.63, 3.8) is 0 Å². The van der Waals surface area contributed by atoms with Crippen LogP contribution in [0.2, 0.25) is 0 Å². The first-order valence-electron chi connectivity index (χ1n) is 21.3. The molecule has 4 fully saturated rings. The number of anilines is 2. The molecule has 20 nitrogen and oxygen atoms in total. The Morgan fingerprint density at radius 2 is 1.55 bits per heavy atom. The molecule has 0 radical (unpaired) electrons. The van der Waals surface area contributed by atoms with Gasteiger partial charge in [-0.2, -0.15) is 0 Å². The monoisotopic (exact) mass is 932 g/mol. The van der Waals surface area contributed by atoms with Crippen molar-refractivity contribution in [2.45, 2.75) is 108 Å². The lowest BCUT2D eigenvalue weighted by Crippen LogP contribution is -2.63. The van der Waals surface area contributed by atoms with Gasteiger partial charge in [0, 0.05) is 64.0 Å². The molecule has 6 N–H and O–H groups in total. The summed E-state index contributed by atoms with van der Waals surface area (Å²) in [5.41, 5.74) is 1.05. The van der Waals surface area contributed by atoms with E-state index < -0.39 is 129 Å². The largest absolute Gasteiger partial charge is 0.469 e. The Bertz CT molecular complexity index is 2190. The number of benzene rings is 2. The summed E-state index contributed by atoms with van der Waals surface area (Å²) >= 11 is 0. The summed E-state index contributed by atoms with van der Waals surface area (Å²) in [5, 5.41) is 10.3. The Morgan fingerprint density at radius 1 is 0.892 bits per heavy atom. The normalized spacial score (nSPS) is 27.2. The average Bonchev–Trinajstić information content (AvgIpc) is 3.83. The molecule has 9 atom stereocenters. The van der Waals surface area contributed by atoms with Crippen molar-refractivity contribution in [2.75, 3.05) is 43.9 Å². The maximum absolute atomic E-state index is 15.0. The number of phosphoric ester groups is 1. The number of hydrogen-bond acceptors (Lipinski definition) is 11. The molecular formula is C42H55F2N8O12P. The number of esters is 1. The Hall–Kier alpha value is -5.70. The molecular weight excluding hydrogens is 877 g/mol. The summed E-state index contributed by atoms with van der Waals surface area (Å²) < 4.78 is 51.8. The fourth-order valence-electron chi connectivity index (χ4n) is 8.82. The minimum Gasteiger partial charge on any atom is -0.458 e. The zero-order chi connectivity index (χ0) is 47.5. The van der Waals surface area contributed by atoms with E-state index in [1.807, 2.05) is 19.0 Å². The highest BCUT2D eigenvalue weighted by Crippen LogP contribution is 2.41. The van der Waals surface area contributed by atoms with Crippen molar-refractivity contribution in [1.82, 2.24) is 30.7 Å². The fourth-order valence-corrected chi connectivity index (χ4v) is 9.36. The molecule has 4 heterocycles. The van der Waals surface area contributed by atoms with Crippen LogP contribution in [0.1, 0.15) is 58.4 Å². The lowest BCUT2D eigenvalue weighted by atomic mass is 9.98. The highest BCUT2D eigenvalue weighted by atomic mass is 31.2. The van der Waals surface area contributed by atoms with Gasteiger partial charge in [0.15, 0.2) is 0 Å².